The molecule has 0 aliphatic carbocycles. The second kappa shape index (κ2) is 6.09. The van der Waals surface area contributed by atoms with Crippen molar-refractivity contribution in [1.29, 1.82) is 0 Å². The lowest BCUT2D eigenvalue weighted by atomic mass is 10.1. The van der Waals surface area contributed by atoms with Crippen molar-refractivity contribution in [2.24, 2.45) is 0 Å². The van der Waals surface area contributed by atoms with Crippen LogP contribution in [0.5, 0.6) is 0 Å². The van der Waals surface area contributed by atoms with Crippen LogP contribution in [-0.4, -0.2) is 40.8 Å². The van der Waals surface area contributed by atoms with E-state index in [1.807, 2.05) is 20.8 Å². The minimum absolute atomic E-state index is 0.0600. The zero-order valence-corrected chi connectivity index (χ0v) is 12.8. The first-order chi connectivity index (χ1) is 9.10. The minimum Gasteiger partial charge on any atom is -0.397 e. The van der Waals surface area contributed by atoms with Crippen LogP contribution < -0.4 is 11.1 Å². The number of anilines is 1. The minimum atomic E-state index is -0.379. The number of carbonyl (C=O) groups is 2. The fourth-order valence-corrected chi connectivity index (χ4v) is 1.73. The van der Waals surface area contributed by atoms with Crippen LogP contribution in [0.4, 0.5) is 5.69 Å². The second-order valence-electron chi connectivity index (χ2n) is 5.55. The van der Waals surface area contributed by atoms with Gasteiger partial charge >= 0.3 is 0 Å². The van der Waals surface area contributed by atoms with Crippen LogP contribution in [0.2, 0.25) is 5.15 Å². The molecule has 0 fully saturated rings. The first-order valence-corrected chi connectivity index (χ1v) is 6.45. The largest absolute Gasteiger partial charge is 0.397 e. The van der Waals surface area contributed by atoms with Gasteiger partial charge in [0.2, 0.25) is 5.91 Å². The zero-order valence-electron chi connectivity index (χ0n) is 12.0. The zero-order chi connectivity index (χ0) is 15.5. The molecule has 2 amide bonds. The first-order valence-electron chi connectivity index (χ1n) is 6.07. The van der Waals surface area contributed by atoms with Gasteiger partial charge in [-0.1, -0.05) is 11.6 Å². The Morgan fingerprint density at radius 2 is 2.05 bits per heavy atom. The molecule has 1 rings (SSSR count). The number of aromatic nitrogens is 1. The van der Waals surface area contributed by atoms with Crippen molar-refractivity contribution < 1.29 is 9.59 Å². The first kappa shape index (κ1) is 16.2. The molecule has 0 aliphatic heterocycles. The number of hydrogen-bond acceptors (Lipinski definition) is 4. The Bertz CT molecular complexity index is 526. The van der Waals surface area contributed by atoms with Gasteiger partial charge in [0.25, 0.3) is 5.91 Å². The molecule has 1 aromatic heterocycles. The Labute approximate surface area is 123 Å². The summed E-state index contributed by atoms with van der Waals surface area (Å²) < 4.78 is 0. The summed E-state index contributed by atoms with van der Waals surface area (Å²) in [4.78, 5) is 29.0. The topological polar surface area (TPSA) is 88.3 Å². The highest BCUT2D eigenvalue weighted by Crippen LogP contribution is 2.16. The molecule has 0 bridgehead atoms. The molecular weight excluding hydrogens is 280 g/mol. The van der Waals surface area contributed by atoms with Gasteiger partial charge < -0.3 is 16.0 Å². The predicted molar refractivity (Wildman–Crippen MR) is 78.5 cm³/mol. The quantitative estimate of drug-likeness (QED) is 0.823. The number of pyridine rings is 1. The summed E-state index contributed by atoms with van der Waals surface area (Å²) in [7, 11) is 1.53. The molecule has 0 aliphatic rings. The molecule has 1 aromatic rings. The van der Waals surface area contributed by atoms with Crippen molar-refractivity contribution in [2.75, 3.05) is 19.3 Å². The molecular formula is C13H19ClN4O2. The van der Waals surface area contributed by atoms with Gasteiger partial charge in [-0.2, -0.15) is 0 Å². The molecule has 0 unspecified atom stereocenters. The fraction of sp³-hybridized carbons (Fsp3) is 0.462. The average Bonchev–Trinajstić information content (AvgIpc) is 2.28. The Hall–Kier alpha value is -1.82. The maximum Gasteiger partial charge on any atom is 0.256 e. The van der Waals surface area contributed by atoms with E-state index in [0.29, 0.717) is 0 Å². The van der Waals surface area contributed by atoms with E-state index in [0.717, 1.165) is 0 Å². The summed E-state index contributed by atoms with van der Waals surface area (Å²) in [6.07, 6.45) is 1.32. The van der Waals surface area contributed by atoms with Crippen molar-refractivity contribution in [3.63, 3.8) is 0 Å². The number of likely N-dealkylation sites (N-methyl/N-ethyl adjacent to an activating group) is 1. The lowest BCUT2D eigenvalue weighted by Gasteiger charge is -2.23. The van der Waals surface area contributed by atoms with E-state index in [4.69, 9.17) is 17.3 Å². The predicted octanol–water partition coefficient (Wildman–Crippen LogP) is 1.30. The smallest absolute Gasteiger partial charge is 0.256 e. The van der Waals surface area contributed by atoms with E-state index in [9.17, 15) is 9.59 Å². The van der Waals surface area contributed by atoms with E-state index in [1.54, 1.807) is 0 Å². The van der Waals surface area contributed by atoms with Gasteiger partial charge in [0.1, 0.15) is 5.15 Å². The molecule has 6 nitrogen and oxygen atoms in total. The molecule has 110 valence electrons. The summed E-state index contributed by atoms with van der Waals surface area (Å²) in [5.74, 6) is -0.622. The Kier molecular flexibility index (Phi) is 4.94. The van der Waals surface area contributed by atoms with Crippen LogP contribution in [0.15, 0.2) is 12.3 Å². The monoisotopic (exact) mass is 298 g/mol. The molecule has 1 heterocycles. The van der Waals surface area contributed by atoms with Crippen molar-refractivity contribution >= 4 is 29.1 Å². The van der Waals surface area contributed by atoms with Gasteiger partial charge in [-0.25, -0.2) is 4.98 Å². The van der Waals surface area contributed by atoms with Crippen LogP contribution in [0, 0.1) is 0 Å². The van der Waals surface area contributed by atoms with E-state index in [-0.39, 0.29) is 40.3 Å². The normalized spacial score (nSPS) is 11.1. The van der Waals surface area contributed by atoms with Gasteiger partial charge in [0, 0.05) is 12.6 Å². The standard InChI is InChI=1S/C13H19ClN4O2/c1-13(2,3)17-11(19)7-18(4)12(20)8-5-10(14)16-6-9(8)15/h5-6H,7,15H2,1-4H3,(H,17,19). The number of carbonyl (C=O) groups excluding carboxylic acids is 2. The third kappa shape index (κ3) is 4.70. The van der Waals surface area contributed by atoms with Gasteiger partial charge in [-0.3, -0.25) is 9.59 Å². The number of rotatable bonds is 3. The lowest BCUT2D eigenvalue weighted by Crippen LogP contribution is -2.46. The summed E-state index contributed by atoms with van der Waals surface area (Å²) in [5.41, 5.74) is 5.80. The number of nitrogens with one attached hydrogen (secondary N) is 1. The summed E-state index contributed by atoms with van der Waals surface area (Å²) in [6, 6.07) is 1.39. The van der Waals surface area contributed by atoms with Crippen molar-refractivity contribution in [3.8, 4) is 0 Å². The number of nitrogen functional groups attached to an aromatic ring is 1. The average molecular weight is 299 g/mol. The van der Waals surface area contributed by atoms with Crippen LogP contribution >= 0.6 is 11.6 Å². The van der Waals surface area contributed by atoms with Crippen LogP contribution in [-0.2, 0) is 4.79 Å². The Balaban J connectivity index is 2.77. The van der Waals surface area contributed by atoms with Gasteiger partial charge in [-0.05, 0) is 26.8 Å². The van der Waals surface area contributed by atoms with E-state index in [2.05, 4.69) is 10.3 Å². The molecule has 0 aromatic carbocycles. The van der Waals surface area contributed by atoms with Crippen LogP contribution in [0.25, 0.3) is 0 Å². The molecule has 7 heteroatoms. The third-order valence-electron chi connectivity index (χ3n) is 2.37. The van der Waals surface area contributed by atoms with Gasteiger partial charge in [0.15, 0.2) is 0 Å². The van der Waals surface area contributed by atoms with Crippen LogP contribution in [0.1, 0.15) is 31.1 Å². The fourth-order valence-electron chi connectivity index (χ4n) is 1.58. The highest BCUT2D eigenvalue weighted by molar-refractivity contribution is 6.29. The Morgan fingerprint density at radius 3 is 2.60 bits per heavy atom. The highest BCUT2D eigenvalue weighted by Gasteiger charge is 2.20. The molecule has 0 atom stereocenters. The number of amides is 2. The van der Waals surface area contributed by atoms with E-state index < -0.39 is 0 Å². The maximum absolute atomic E-state index is 12.2. The Morgan fingerprint density at radius 1 is 1.45 bits per heavy atom. The number of nitrogens with two attached hydrogens (primary N) is 1. The molecule has 0 saturated heterocycles. The molecule has 0 spiro atoms. The summed E-state index contributed by atoms with van der Waals surface area (Å²) >= 11 is 5.74. The SMILES string of the molecule is CN(CC(=O)NC(C)(C)C)C(=O)c1cc(Cl)ncc1N. The summed E-state index contributed by atoms with van der Waals surface area (Å²) in [5, 5.41) is 2.96. The lowest BCUT2D eigenvalue weighted by molar-refractivity contribution is -0.122. The molecule has 3 N–H and O–H groups in total. The van der Waals surface area contributed by atoms with Crippen molar-refractivity contribution in [1.82, 2.24) is 15.2 Å². The highest BCUT2D eigenvalue weighted by atomic mass is 35.5. The van der Waals surface area contributed by atoms with Crippen LogP contribution in [0.3, 0.4) is 0 Å². The molecule has 20 heavy (non-hydrogen) atoms. The van der Waals surface area contributed by atoms with Gasteiger partial charge in [-0.15, -0.1) is 0 Å². The summed E-state index contributed by atoms with van der Waals surface area (Å²) in [6.45, 7) is 5.55. The number of hydrogen-bond donors (Lipinski definition) is 2. The maximum atomic E-state index is 12.2. The van der Waals surface area contributed by atoms with Crippen molar-refractivity contribution in [3.05, 3.63) is 23.0 Å². The molecule has 0 saturated carbocycles. The number of nitrogens with zero attached hydrogens (tertiary/aromatic N) is 2. The third-order valence-corrected chi connectivity index (χ3v) is 2.58. The number of halogens is 1. The van der Waals surface area contributed by atoms with Crippen molar-refractivity contribution in [2.45, 2.75) is 26.3 Å². The second-order valence-corrected chi connectivity index (χ2v) is 5.94. The molecule has 0 radical (unpaired) electrons. The van der Waals surface area contributed by atoms with E-state index >= 15 is 0 Å². The van der Waals surface area contributed by atoms with E-state index in [1.165, 1.54) is 24.2 Å². The van der Waals surface area contributed by atoms with Gasteiger partial charge in [0.05, 0.1) is 24.0 Å².